The summed E-state index contributed by atoms with van der Waals surface area (Å²) >= 11 is 0. The first-order valence-corrected chi connectivity index (χ1v) is 5.99. The molecule has 1 fully saturated rings. The molecule has 0 heterocycles. The van der Waals surface area contributed by atoms with E-state index < -0.39 is 5.97 Å². The zero-order valence-electron chi connectivity index (χ0n) is 10.2. The first-order valence-electron chi connectivity index (χ1n) is 5.99. The monoisotopic (exact) mass is 243 g/mol. The van der Waals surface area contributed by atoms with E-state index in [0.29, 0.717) is 0 Å². The normalized spacial score (nSPS) is 18.2. The molecule has 6 heteroatoms. The lowest BCUT2D eigenvalue weighted by atomic mass is 9.98. The molecule has 0 radical (unpaired) electrons. The van der Waals surface area contributed by atoms with Crippen LogP contribution in [-0.2, 0) is 14.3 Å². The van der Waals surface area contributed by atoms with Crippen molar-refractivity contribution in [3.8, 4) is 0 Å². The van der Waals surface area contributed by atoms with Crippen LogP contribution in [-0.4, -0.2) is 18.7 Å². The Morgan fingerprint density at radius 1 is 1.35 bits per heavy atom. The minimum atomic E-state index is -0.594. The molecule has 0 aromatic rings. The van der Waals surface area contributed by atoms with Gasteiger partial charge in [-0.15, -0.1) is 0 Å². The Bertz CT molecular complexity index is 286. The van der Waals surface area contributed by atoms with Crippen LogP contribution in [0, 0.1) is 0 Å². The lowest BCUT2D eigenvalue weighted by molar-refractivity contribution is -0.139. The number of carbonyl (C=O) groups excluding carboxylic acids is 1. The lowest BCUT2D eigenvalue weighted by Crippen LogP contribution is -2.33. The second kappa shape index (κ2) is 7.01. The van der Waals surface area contributed by atoms with Gasteiger partial charge in [0.25, 0.3) is 0 Å². The summed E-state index contributed by atoms with van der Waals surface area (Å²) in [5.74, 6) is 4.66. The third kappa shape index (κ3) is 4.14. The Labute approximate surface area is 101 Å². The quantitative estimate of drug-likeness (QED) is 0.214. The molecule has 0 aromatic carbocycles. The first-order chi connectivity index (χ1) is 8.19. The first kappa shape index (κ1) is 13.6. The topological polar surface area (TPSA) is 99.6 Å². The van der Waals surface area contributed by atoms with Gasteiger partial charge < -0.3 is 20.6 Å². The van der Waals surface area contributed by atoms with Gasteiger partial charge in [-0.1, -0.05) is 6.42 Å². The van der Waals surface area contributed by atoms with Gasteiger partial charge in [0.15, 0.2) is 5.70 Å². The van der Waals surface area contributed by atoms with Crippen molar-refractivity contribution in [3.05, 3.63) is 11.6 Å². The third-order valence-corrected chi connectivity index (χ3v) is 2.72. The fraction of sp³-hybridized carbons (Fsp3) is 0.727. The van der Waals surface area contributed by atoms with Gasteiger partial charge in [-0.3, -0.25) is 5.84 Å². The highest BCUT2D eigenvalue weighted by atomic mass is 16.5. The number of nitrogens with two attached hydrogens (primary N) is 2. The average molecular weight is 243 g/mol. The van der Waals surface area contributed by atoms with E-state index in [1.165, 1.54) is 6.42 Å². The van der Waals surface area contributed by atoms with Crippen molar-refractivity contribution in [2.75, 3.05) is 6.61 Å². The number of carbonyl (C=O) groups is 1. The molecule has 0 atom stereocenters. The SMILES string of the molecule is CCOC(=O)/C(NN)=C(/N)OC1CCCCC1. The van der Waals surface area contributed by atoms with E-state index in [0.717, 1.165) is 25.7 Å². The highest BCUT2D eigenvalue weighted by Gasteiger charge is 2.20. The van der Waals surface area contributed by atoms with Gasteiger partial charge in [0.1, 0.15) is 6.10 Å². The molecule has 1 saturated carbocycles. The molecule has 1 aliphatic carbocycles. The molecule has 0 saturated heterocycles. The van der Waals surface area contributed by atoms with E-state index in [4.69, 9.17) is 21.1 Å². The molecular weight excluding hydrogens is 222 g/mol. The summed E-state index contributed by atoms with van der Waals surface area (Å²) in [5.41, 5.74) is 7.92. The number of hydrazine groups is 1. The van der Waals surface area contributed by atoms with Crippen LogP contribution in [0.2, 0.25) is 0 Å². The summed E-state index contributed by atoms with van der Waals surface area (Å²) in [6.07, 6.45) is 5.47. The maximum absolute atomic E-state index is 11.5. The van der Waals surface area contributed by atoms with Gasteiger partial charge in [-0.2, -0.15) is 0 Å². The van der Waals surface area contributed by atoms with Crippen molar-refractivity contribution >= 4 is 5.97 Å². The van der Waals surface area contributed by atoms with Crippen LogP contribution in [0.25, 0.3) is 0 Å². The Morgan fingerprint density at radius 3 is 2.53 bits per heavy atom. The summed E-state index contributed by atoms with van der Waals surface area (Å²) in [5, 5.41) is 0. The standard InChI is InChI=1S/C11H21N3O3/c1-2-16-11(15)9(14-13)10(12)17-8-6-4-3-5-7-8/h8,14H,2-7,12-13H2,1H3/b10-9+. The van der Waals surface area contributed by atoms with Crippen LogP contribution in [0.1, 0.15) is 39.0 Å². The van der Waals surface area contributed by atoms with Gasteiger partial charge in [0.05, 0.1) is 6.61 Å². The van der Waals surface area contributed by atoms with Crippen molar-refractivity contribution in [1.82, 2.24) is 5.43 Å². The van der Waals surface area contributed by atoms with E-state index in [1.807, 2.05) is 0 Å². The Morgan fingerprint density at radius 2 is 2.00 bits per heavy atom. The van der Waals surface area contributed by atoms with Gasteiger partial charge in [-0.25, -0.2) is 4.79 Å². The van der Waals surface area contributed by atoms with Gasteiger partial charge in [-0.05, 0) is 32.6 Å². The molecule has 0 unspecified atom stereocenters. The molecule has 1 rings (SSSR count). The van der Waals surface area contributed by atoms with Crippen molar-refractivity contribution in [3.63, 3.8) is 0 Å². The summed E-state index contributed by atoms with van der Waals surface area (Å²) in [4.78, 5) is 11.5. The molecule has 6 nitrogen and oxygen atoms in total. The smallest absolute Gasteiger partial charge is 0.361 e. The zero-order valence-corrected chi connectivity index (χ0v) is 10.2. The molecule has 0 spiro atoms. The molecular formula is C11H21N3O3. The summed E-state index contributed by atoms with van der Waals surface area (Å²) in [6, 6.07) is 0. The minimum Gasteiger partial charge on any atom is -0.474 e. The number of ether oxygens (including phenoxy) is 2. The average Bonchev–Trinajstić information content (AvgIpc) is 2.31. The van der Waals surface area contributed by atoms with Crippen LogP contribution in [0.3, 0.4) is 0 Å². The van der Waals surface area contributed by atoms with Crippen LogP contribution < -0.4 is 17.0 Å². The molecule has 0 aliphatic heterocycles. The molecule has 0 bridgehead atoms. The van der Waals surface area contributed by atoms with E-state index in [2.05, 4.69) is 5.43 Å². The molecule has 1 aliphatic rings. The lowest BCUT2D eigenvalue weighted by Gasteiger charge is -2.23. The molecule has 0 aromatic heterocycles. The second-order valence-corrected chi connectivity index (χ2v) is 3.98. The van der Waals surface area contributed by atoms with E-state index >= 15 is 0 Å². The number of esters is 1. The molecule has 0 amide bonds. The summed E-state index contributed by atoms with van der Waals surface area (Å²) in [7, 11) is 0. The molecule has 17 heavy (non-hydrogen) atoms. The van der Waals surface area contributed by atoms with Crippen LogP contribution in [0.15, 0.2) is 11.6 Å². The second-order valence-electron chi connectivity index (χ2n) is 3.98. The van der Waals surface area contributed by atoms with Crippen molar-refractivity contribution in [1.29, 1.82) is 0 Å². The number of hydrogen-bond acceptors (Lipinski definition) is 6. The zero-order chi connectivity index (χ0) is 12.7. The Kier molecular flexibility index (Phi) is 5.62. The number of rotatable bonds is 5. The van der Waals surface area contributed by atoms with Crippen molar-refractivity contribution in [2.24, 2.45) is 11.6 Å². The fourth-order valence-electron chi connectivity index (χ4n) is 1.86. The van der Waals surface area contributed by atoms with Crippen molar-refractivity contribution < 1.29 is 14.3 Å². The van der Waals surface area contributed by atoms with Gasteiger partial charge >= 0.3 is 5.97 Å². The van der Waals surface area contributed by atoms with Crippen LogP contribution in [0.5, 0.6) is 0 Å². The Balaban J connectivity index is 2.60. The van der Waals surface area contributed by atoms with Crippen LogP contribution in [0.4, 0.5) is 0 Å². The minimum absolute atomic E-state index is 0.0119. The highest BCUT2D eigenvalue weighted by molar-refractivity contribution is 5.88. The third-order valence-electron chi connectivity index (χ3n) is 2.72. The van der Waals surface area contributed by atoms with E-state index in [-0.39, 0.29) is 24.3 Å². The molecule has 5 N–H and O–H groups in total. The maximum atomic E-state index is 11.5. The van der Waals surface area contributed by atoms with Gasteiger partial charge in [0, 0.05) is 0 Å². The Hall–Kier alpha value is -1.43. The van der Waals surface area contributed by atoms with Gasteiger partial charge in [0.2, 0.25) is 5.88 Å². The number of nitrogens with one attached hydrogen (secondary N) is 1. The van der Waals surface area contributed by atoms with E-state index in [9.17, 15) is 4.79 Å². The molecule has 98 valence electrons. The summed E-state index contributed by atoms with van der Waals surface area (Å²) < 4.78 is 10.3. The van der Waals surface area contributed by atoms with Crippen molar-refractivity contribution in [2.45, 2.75) is 45.1 Å². The highest BCUT2D eigenvalue weighted by Crippen LogP contribution is 2.21. The maximum Gasteiger partial charge on any atom is 0.361 e. The largest absolute Gasteiger partial charge is 0.474 e. The fourth-order valence-corrected chi connectivity index (χ4v) is 1.86. The van der Waals surface area contributed by atoms with Crippen LogP contribution >= 0.6 is 0 Å². The predicted molar refractivity (Wildman–Crippen MR) is 63.1 cm³/mol. The van der Waals surface area contributed by atoms with E-state index in [1.54, 1.807) is 6.92 Å². The summed E-state index contributed by atoms with van der Waals surface area (Å²) in [6.45, 7) is 1.98. The number of hydrogen-bond donors (Lipinski definition) is 3. The predicted octanol–water partition coefficient (Wildman–Crippen LogP) is 0.490.